The molecule has 0 aliphatic carbocycles. The first-order valence-corrected chi connectivity index (χ1v) is 8.72. The maximum atomic E-state index is 12.3. The summed E-state index contributed by atoms with van der Waals surface area (Å²) in [4.78, 5) is 40.9. The minimum atomic E-state index is -0.567. The van der Waals surface area contributed by atoms with Crippen LogP contribution < -0.4 is 10.2 Å². The number of rotatable bonds is 4. The number of para-hydroxylation sites is 1. The number of hydrazone groups is 1. The summed E-state index contributed by atoms with van der Waals surface area (Å²) in [6, 6.07) is 5.26. The van der Waals surface area contributed by atoms with Crippen LogP contribution >= 0.6 is 11.3 Å². The van der Waals surface area contributed by atoms with Crippen molar-refractivity contribution in [2.24, 2.45) is 5.10 Å². The van der Waals surface area contributed by atoms with Gasteiger partial charge in [-0.15, -0.1) is 11.3 Å². The quantitative estimate of drug-likeness (QED) is 0.659. The molecule has 1 fully saturated rings. The van der Waals surface area contributed by atoms with E-state index in [1.165, 1.54) is 24.5 Å². The van der Waals surface area contributed by atoms with E-state index in [9.17, 15) is 14.4 Å². The number of carbonyl (C=O) groups is 3. The first-order chi connectivity index (χ1) is 12.4. The molecule has 2 aromatic rings. The van der Waals surface area contributed by atoms with Crippen LogP contribution in [0.3, 0.4) is 0 Å². The summed E-state index contributed by atoms with van der Waals surface area (Å²) in [5.74, 6) is -0.548. The minimum Gasteiger partial charge on any atom is -0.275 e. The lowest BCUT2D eigenvalue weighted by atomic mass is 10.1. The normalized spacial score (nSPS) is 14.2. The largest absolute Gasteiger partial charge is 0.344 e. The van der Waals surface area contributed by atoms with Crippen molar-refractivity contribution in [2.75, 3.05) is 11.4 Å². The molecule has 0 atom stereocenters. The molecule has 134 valence electrons. The third-order valence-corrected chi connectivity index (χ3v) is 4.63. The van der Waals surface area contributed by atoms with Crippen molar-refractivity contribution in [3.63, 3.8) is 0 Å². The summed E-state index contributed by atoms with van der Waals surface area (Å²) in [5, 5.41) is 9.38. The number of aromatic nitrogens is 1. The van der Waals surface area contributed by atoms with Crippen molar-refractivity contribution in [2.45, 2.75) is 20.8 Å². The lowest BCUT2D eigenvalue weighted by Crippen LogP contribution is -2.24. The van der Waals surface area contributed by atoms with Crippen LogP contribution in [0.5, 0.6) is 0 Å². The van der Waals surface area contributed by atoms with Crippen LogP contribution in [0.15, 0.2) is 28.7 Å². The number of thiazole rings is 1. The van der Waals surface area contributed by atoms with Crippen molar-refractivity contribution in [3.8, 4) is 0 Å². The van der Waals surface area contributed by atoms with Crippen molar-refractivity contribution in [3.05, 3.63) is 40.4 Å². The second-order valence-electron chi connectivity index (χ2n) is 5.81. The van der Waals surface area contributed by atoms with Gasteiger partial charge in [-0.25, -0.2) is 14.8 Å². The summed E-state index contributed by atoms with van der Waals surface area (Å²) >= 11 is 1.30. The molecule has 1 N–H and O–H groups in total. The fourth-order valence-electron chi connectivity index (χ4n) is 2.64. The summed E-state index contributed by atoms with van der Waals surface area (Å²) < 4.78 is 0. The summed E-state index contributed by atoms with van der Waals surface area (Å²) in [6.45, 7) is 5.25. The fraction of sp³-hybridized carbons (Fsp3) is 0.235. The first-order valence-electron chi connectivity index (χ1n) is 7.84. The lowest BCUT2D eigenvalue weighted by Gasteiger charge is -2.22. The molecule has 1 aliphatic heterocycles. The van der Waals surface area contributed by atoms with Gasteiger partial charge in [0, 0.05) is 12.3 Å². The maximum Gasteiger partial charge on any atom is 0.344 e. The topological polar surface area (TPSA) is 95.0 Å². The van der Waals surface area contributed by atoms with Crippen LogP contribution in [-0.4, -0.2) is 40.6 Å². The van der Waals surface area contributed by atoms with Crippen molar-refractivity contribution in [1.82, 2.24) is 15.3 Å². The highest BCUT2D eigenvalue weighted by Gasteiger charge is 2.26. The molecule has 1 saturated heterocycles. The molecule has 0 unspecified atom stereocenters. The molecule has 1 aliphatic rings. The van der Waals surface area contributed by atoms with Crippen LogP contribution in [-0.2, 0) is 9.59 Å². The number of imide groups is 1. The highest BCUT2D eigenvalue weighted by molar-refractivity contribution is 7.14. The smallest absolute Gasteiger partial charge is 0.275 e. The number of urea groups is 1. The summed E-state index contributed by atoms with van der Waals surface area (Å²) in [7, 11) is 0. The number of nitrogens with one attached hydrogen (secondary N) is 1. The van der Waals surface area contributed by atoms with Crippen molar-refractivity contribution in [1.29, 1.82) is 0 Å². The third-order valence-electron chi connectivity index (χ3n) is 3.78. The van der Waals surface area contributed by atoms with E-state index in [4.69, 9.17) is 0 Å². The molecular formula is C17H17N5O3S. The highest BCUT2D eigenvalue weighted by atomic mass is 32.1. The predicted molar refractivity (Wildman–Crippen MR) is 98.7 cm³/mol. The van der Waals surface area contributed by atoms with Gasteiger partial charge in [0.1, 0.15) is 6.54 Å². The minimum absolute atomic E-state index is 0.117. The van der Waals surface area contributed by atoms with Gasteiger partial charge in [0.2, 0.25) is 11.8 Å². The molecular weight excluding hydrogens is 354 g/mol. The zero-order chi connectivity index (χ0) is 18.8. The van der Waals surface area contributed by atoms with E-state index >= 15 is 0 Å². The average Bonchev–Trinajstić information content (AvgIpc) is 3.14. The van der Waals surface area contributed by atoms with Crippen LogP contribution in [0.25, 0.3) is 0 Å². The van der Waals surface area contributed by atoms with Gasteiger partial charge in [-0.3, -0.25) is 19.8 Å². The second-order valence-corrected chi connectivity index (χ2v) is 6.64. The van der Waals surface area contributed by atoms with Gasteiger partial charge in [0.25, 0.3) is 0 Å². The summed E-state index contributed by atoms with van der Waals surface area (Å²) in [6.07, 6.45) is 1.39. The molecule has 8 nitrogen and oxygen atoms in total. The number of aryl methyl sites for hydroxylation is 2. The van der Waals surface area contributed by atoms with E-state index in [1.54, 1.807) is 10.3 Å². The van der Waals surface area contributed by atoms with E-state index in [0.29, 0.717) is 10.8 Å². The van der Waals surface area contributed by atoms with E-state index in [1.807, 2.05) is 32.0 Å². The molecule has 9 heteroatoms. The monoisotopic (exact) mass is 371 g/mol. The Morgan fingerprint density at radius 2 is 2.04 bits per heavy atom. The Morgan fingerprint density at radius 1 is 1.35 bits per heavy atom. The van der Waals surface area contributed by atoms with Gasteiger partial charge in [0.15, 0.2) is 5.13 Å². The molecule has 3 rings (SSSR count). The average molecular weight is 371 g/mol. The van der Waals surface area contributed by atoms with Crippen molar-refractivity contribution < 1.29 is 14.4 Å². The fourth-order valence-corrected chi connectivity index (χ4v) is 3.46. The van der Waals surface area contributed by atoms with Gasteiger partial charge >= 0.3 is 6.03 Å². The highest BCUT2D eigenvalue weighted by Crippen LogP contribution is 2.33. The number of hydrogen-bond acceptors (Lipinski definition) is 6. The Balaban J connectivity index is 1.88. The molecule has 26 heavy (non-hydrogen) atoms. The van der Waals surface area contributed by atoms with E-state index < -0.39 is 11.9 Å². The number of nitrogens with zero attached hydrogens (tertiary/aromatic N) is 4. The van der Waals surface area contributed by atoms with E-state index in [0.717, 1.165) is 21.8 Å². The Morgan fingerprint density at radius 3 is 2.62 bits per heavy atom. The zero-order valence-corrected chi connectivity index (χ0v) is 15.3. The van der Waals surface area contributed by atoms with E-state index in [2.05, 4.69) is 15.4 Å². The number of anilines is 2. The standard InChI is InChI=1S/C17H17N5O3S/c1-10-5-4-6-11(2)15(10)22(12(3)23)17-19-13(9-26-17)7-18-21-8-14(24)20-16(21)25/h4-7,9H,8H2,1-3H3,(H,20,24,25)/b18-7-. The van der Waals surface area contributed by atoms with Gasteiger partial charge < -0.3 is 0 Å². The predicted octanol–water partition coefficient (Wildman–Crippen LogP) is 2.33. The molecule has 0 radical (unpaired) electrons. The number of hydrogen-bond donors (Lipinski definition) is 1. The Hall–Kier alpha value is -3.07. The molecule has 4 amide bonds. The molecule has 1 aromatic heterocycles. The molecule has 2 heterocycles. The maximum absolute atomic E-state index is 12.3. The first kappa shape index (κ1) is 17.7. The van der Waals surface area contributed by atoms with E-state index in [-0.39, 0.29) is 12.5 Å². The molecule has 0 spiro atoms. The molecule has 0 bridgehead atoms. The van der Waals surface area contributed by atoms with Gasteiger partial charge in [-0.2, -0.15) is 5.10 Å². The Bertz CT molecular complexity index is 901. The Labute approximate surface area is 154 Å². The SMILES string of the molecule is CC(=O)N(c1nc(/C=N\N2CC(=O)NC2=O)cs1)c1c(C)cccc1C. The molecule has 1 aromatic carbocycles. The number of amides is 4. The van der Waals surface area contributed by atoms with Crippen LogP contribution in [0.4, 0.5) is 15.6 Å². The second kappa shape index (κ2) is 7.04. The van der Waals surface area contributed by atoms with Crippen molar-refractivity contribution >= 4 is 46.2 Å². The summed E-state index contributed by atoms with van der Waals surface area (Å²) in [5.41, 5.74) is 3.24. The van der Waals surface area contributed by atoms with Crippen LogP contribution in [0.2, 0.25) is 0 Å². The molecule has 0 saturated carbocycles. The Kier molecular flexibility index (Phi) is 4.81. The van der Waals surface area contributed by atoms with Gasteiger partial charge in [-0.05, 0) is 25.0 Å². The van der Waals surface area contributed by atoms with Crippen LogP contribution in [0, 0.1) is 13.8 Å². The van der Waals surface area contributed by atoms with Gasteiger partial charge in [-0.1, -0.05) is 18.2 Å². The number of carbonyl (C=O) groups excluding carboxylic acids is 3. The van der Waals surface area contributed by atoms with Crippen LogP contribution in [0.1, 0.15) is 23.7 Å². The zero-order valence-electron chi connectivity index (χ0n) is 14.5. The lowest BCUT2D eigenvalue weighted by molar-refractivity contribution is -0.118. The van der Waals surface area contributed by atoms with Gasteiger partial charge in [0.05, 0.1) is 17.6 Å². The third kappa shape index (κ3) is 3.47. The number of benzene rings is 1.